The van der Waals surface area contributed by atoms with Crippen molar-refractivity contribution in [3.63, 3.8) is 0 Å². The fourth-order valence-corrected chi connectivity index (χ4v) is 2.11. The second-order valence-electron chi connectivity index (χ2n) is 5.27. The first-order valence-corrected chi connectivity index (χ1v) is 6.47. The molecule has 1 aromatic rings. The molecule has 0 amide bonds. The summed E-state index contributed by atoms with van der Waals surface area (Å²) in [6.45, 7) is 4.51. The summed E-state index contributed by atoms with van der Waals surface area (Å²) in [6.07, 6.45) is 0. The van der Waals surface area contributed by atoms with Crippen LogP contribution in [0.4, 0.5) is 0 Å². The molecule has 1 aromatic carbocycles. The summed E-state index contributed by atoms with van der Waals surface area (Å²) in [5.41, 5.74) is 0.643. The van der Waals surface area contributed by atoms with Crippen molar-refractivity contribution >= 4 is 11.6 Å². The van der Waals surface area contributed by atoms with Crippen molar-refractivity contribution in [2.75, 3.05) is 26.8 Å². The van der Waals surface area contributed by atoms with Gasteiger partial charge in [0.2, 0.25) is 0 Å². The Kier molecular flexibility index (Phi) is 5.60. The molecule has 0 spiro atoms. The van der Waals surface area contributed by atoms with E-state index in [9.17, 15) is 10.2 Å². The van der Waals surface area contributed by atoms with Gasteiger partial charge in [-0.15, -0.1) is 0 Å². The van der Waals surface area contributed by atoms with E-state index in [0.29, 0.717) is 6.54 Å². The van der Waals surface area contributed by atoms with Gasteiger partial charge in [0.25, 0.3) is 0 Å². The third-order valence-corrected chi connectivity index (χ3v) is 3.62. The molecule has 0 aliphatic rings. The quantitative estimate of drug-likeness (QED) is 0.835. The van der Waals surface area contributed by atoms with E-state index in [1.54, 1.807) is 0 Å². The van der Waals surface area contributed by atoms with Crippen LogP contribution in [-0.4, -0.2) is 41.9 Å². The van der Waals surface area contributed by atoms with E-state index in [1.807, 2.05) is 38.2 Å². The topological polar surface area (TPSA) is 43.7 Å². The number of benzene rings is 1. The maximum Gasteiger partial charge on any atom is 0.0519 e. The Morgan fingerprint density at radius 1 is 1.33 bits per heavy atom. The Morgan fingerprint density at radius 3 is 2.44 bits per heavy atom. The van der Waals surface area contributed by atoms with E-state index in [-0.39, 0.29) is 19.3 Å². The summed E-state index contributed by atoms with van der Waals surface area (Å²) >= 11 is 5.98. The number of aliphatic hydroxyl groups excluding tert-OH is 2. The fraction of sp³-hybridized carbons (Fsp3) is 0.571. The Labute approximate surface area is 114 Å². The van der Waals surface area contributed by atoms with Crippen LogP contribution in [0.3, 0.4) is 0 Å². The number of halogens is 1. The van der Waals surface area contributed by atoms with Crippen LogP contribution in [-0.2, 0) is 0 Å². The Bertz CT molecular complexity index is 380. The molecule has 0 fully saturated rings. The van der Waals surface area contributed by atoms with Gasteiger partial charge < -0.3 is 10.2 Å². The smallest absolute Gasteiger partial charge is 0.0519 e. The number of nitrogens with zero attached hydrogens (tertiary/aromatic N) is 1. The number of hydrogen-bond acceptors (Lipinski definition) is 3. The Hall–Kier alpha value is -0.610. The van der Waals surface area contributed by atoms with Crippen LogP contribution in [0.15, 0.2) is 24.3 Å². The molecule has 1 rings (SSSR count). The molecule has 3 nitrogen and oxygen atoms in total. The van der Waals surface area contributed by atoms with Crippen molar-refractivity contribution in [3.05, 3.63) is 34.9 Å². The minimum Gasteiger partial charge on any atom is -0.396 e. The van der Waals surface area contributed by atoms with Gasteiger partial charge >= 0.3 is 0 Å². The van der Waals surface area contributed by atoms with E-state index >= 15 is 0 Å². The minimum absolute atomic E-state index is 0.0316. The van der Waals surface area contributed by atoms with E-state index in [0.717, 1.165) is 10.6 Å². The molecule has 0 saturated carbocycles. The zero-order valence-corrected chi connectivity index (χ0v) is 12.0. The van der Waals surface area contributed by atoms with Crippen LogP contribution < -0.4 is 0 Å². The number of hydrogen-bond donors (Lipinski definition) is 2. The molecule has 0 saturated heterocycles. The molecular formula is C14H22ClNO2. The molecule has 0 heterocycles. The highest BCUT2D eigenvalue weighted by atomic mass is 35.5. The average molecular weight is 272 g/mol. The number of aliphatic hydroxyl groups is 2. The van der Waals surface area contributed by atoms with Crippen LogP contribution in [0.1, 0.15) is 25.5 Å². The van der Waals surface area contributed by atoms with Crippen molar-refractivity contribution in [2.45, 2.75) is 19.9 Å². The summed E-state index contributed by atoms with van der Waals surface area (Å²) in [7, 11) is 1.98. The van der Waals surface area contributed by atoms with E-state index in [2.05, 4.69) is 11.8 Å². The van der Waals surface area contributed by atoms with Crippen molar-refractivity contribution < 1.29 is 10.2 Å². The zero-order valence-electron chi connectivity index (χ0n) is 11.2. The summed E-state index contributed by atoms with van der Waals surface area (Å²) < 4.78 is 0. The Morgan fingerprint density at radius 2 is 1.94 bits per heavy atom. The molecule has 0 aliphatic heterocycles. The SMILES string of the molecule is CC(c1cccc(Cl)c1)N(C)CC(C)(CO)CO. The lowest BCUT2D eigenvalue weighted by atomic mass is 9.91. The largest absolute Gasteiger partial charge is 0.396 e. The maximum absolute atomic E-state index is 9.32. The molecule has 18 heavy (non-hydrogen) atoms. The van der Waals surface area contributed by atoms with Crippen molar-refractivity contribution in [1.29, 1.82) is 0 Å². The third kappa shape index (κ3) is 3.95. The standard InChI is InChI=1S/C14H22ClNO2/c1-11(12-5-4-6-13(15)7-12)16(3)8-14(2,9-17)10-18/h4-7,11,17-18H,8-10H2,1-3H3. The van der Waals surface area contributed by atoms with Gasteiger partial charge in [-0.2, -0.15) is 0 Å². The second kappa shape index (κ2) is 6.53. The normalized spacial score (nSPS) is 13.9. The highest BCUT2D eigenvalue weighted by Crippen LogP contribution is 2.25. The molecule has 102 valence electrons. The summed E-state index contributed by atoms with van der Waals surface area (Å²) in [6, 6.07) is 7.93. The van der Waals surface area contributed by atoms with Gasteiger partial charge in [-0.25, -0.2) is 0 Å². The zero-order chi connectivity index (χ0) is 13.8. The summed E-state index contributed by atoms with van der Waals surface area (Å²) in [5, 5.41) is 19.4. The van der Waals surface area contributed by atoms with Gasteiger partial charge in [0.1, 0.15) is 0 Å². The highest BCUT2D eigenvalue weighted by Gasteiger charge is 2.26. The molecule has 2 N–H and O–H groups in total. The van der Waals surface area contributed by atoms with Crippen LogP contribution in [0.5, 0.6) is 0 Å². The maximum atomic E-state index is 9.32. The van der Waals surface area contributed by atoms with Crippen LogP contribution in [0, 0.1) is 5.41 Å². The minimum atomic E-state index is -0.485. The molecule has 0 radical (unpaired) electrons. The second-order valence-corrected chi connectivity index (χ2v) is 5.71. The van der Waals surface area contributed by atoms with Gasteiger partial charge in [0.15, 0.2) is 0 Å². The monoisotopic (exact) mass is 271 g/mol. The molecule has 0 aromatic heterocycles. The van der Waals surface area contributed by atoms with E-state index in [1.165, 1.54) is 0 Å². The molecule has 0 bridgehead atoms. The predicted molar refractivity (Wildman–Crippen MR) is 74.8 cm³/mol. The van der Waals surface area contributed by atoms with E-state index < -0.39 is 5.41 Å². The van der Waals surface area contributed by atoms with Crippen molar-refractivity contribution in [3.8, 4) is 0 Å². The van der Waals surface area contributed by atoms with Crippen LogP contribution in [0.25, 0.3) is 0 Å². The Balaban J connectivity index is 2.75. The van der Waals surface area contributed by atoms with Crippen LogP contribution >= 0.6 is 11.6 Å². The van der Waals surface area contributed by atoms with Gasteiger partial charge in [0, 0.05) is 23.0 Å². The average Bonchev–Trinajstić information content (AvgIpc) is 2.37. The highest BCUT2D eigenvalue weighted by molar-refractivity contribution is 6.30. The predicted octanol–water partition coefficient (Wildman–Crippen LogP) is 2.32. The molecule has 0 aliphatic carbocycles. The molecule has 1 atom stereocenters. The lowest BCUT2D eigenvalue weighted by Crippen LogP contribution is -2.40. The van der Waals surface area contributed by atoms with Gasteiger partial charge in [-0.1, -0.05) is 30.7 Å². The van der Waals surface area contributed by atoms with E-state index in [4.69, 9.17) is 11.6 Å². The lowest BCUT2D eigenvalue weighted by Gasteiger charge is -2.34. The third-order valence-electron chi connectivity index (χ3n) is 3.39. The van der Waals surface area contributed by atoms with Crippen LogP contribution in [0.2, 0.25) is 5.02 Å². The van der Waals surface area contributed by atoms with Gasteiger partial charge in [0.05, 0.1) is 13.2 Å². The van der Waals surface area contributed by atoms with Gasteiger partial charge in [-0.3, -0.25) is 4.90 Å². The first-order valence-electron chi connectivity index (χ1n) is 6.09. The lowest BCUT2D eigenvalue weighted by molar-refractivity contribution is 0.0326. The number of rotatable bonds is 6. The van der Waals surface area contributed by atoms with Crippen molar-refractivity contribution in [1.82, 2.24) is 4.90 Å². The van der Waals surface area contributed by atoms with Gasteiger partial charge in [-0.05, 0) is 31.7 Å². The summed E-state index contributed by atoms with van der Waals surface area (Å²) in [4.78, 5) is 2.11. The molecule has 1 unspecified atom stereocenters. The molecular weight excluding hydrogens is 250 g/mol. The molecule has 4 heteroatoms. The fourth-order valence-electron chi connectivity index (χ4n) is 1.91. The first kappa shape index (κ1) is 15.4. The van der Waals surface area contributed by atoms with Crippen molar-refractivity contribution in [2.24, 2.45) is 5.41 Å². The first-order chi connectivity index (χ1) is 8.41. The summed E-state index contributed by atoms with van der Waals surface area (Å²) in [5.74, 6) is 0.